The van der Waals surface area contributed by atoms with E-state index < -0.39 is 11.9 Å². The van der Waals surface area contributed by atoms with Gasteiger partial charge in [0.05, 0.1) is 24.2 Å². The number of pyridine rings is 1. The molecule has 1 aliphatic rings. The molecule has 0 aromatic carbocycles. The van der Waals surface area contributed by atoms with Gasteiger partial charge in [0.2, 0.25) is 5.91 Å². The Hall–Kier alpha value is -2.11. The van der Waals surface area contributed by atoms with Gasteiger partial charge in [-0.3, -0.25) is 14.6 Å². The predicted octanol–water partition coefficient (Wildman–Crippen LogP) is -0.251. The summed E-state index contributed by atoms with van der Waals surface area (Å²) in [5.41, 5.74) is 6.68. The summed E-state index contributed by atoms with van der Waals surface area (Å²) in [5, 5.41) is 8.69. The van der Waals surface area contributed by atoms with Crippen LogP contribution in [0.15, 0.2) is 18.3 Å². The van der Waals surface area contributed by atoms with Crippen molar-refractivity contribution in [2.24, 2.45) is 5.92 Å². The molecule has 1 fully saturated rings. The molecule has 6 nitrogen and oxygen atoms in total. The fraction of sp³-hybridized carbons (Fsp3) is 0.364. The summed E-state index contributed by atoms with van der Waals surface area (Å²) in [6.07, 6.45) is 1.69. The minimum atomic E-state index is -0.848. The van der Waals surface area contributed by atoms with Crippen molar-refractivity contribution < 1.29 is 14.7 Å². The van der Waals surface area contributed by atoms with E-state index in [-0.39, 0.29) is 12.3 Å². The summed E-state index contributed by atoms with van der Waals surface area (Å²) < 4.78 is 0. The SMILES string of the molecule is Nc1ccc(CC(=O)N2CC(C(=O)O)C2)nc1. The Morgan fingerprint density at radius 1 is 1.47 bits per heavy atom. The number of hydrogen-bond acceptors (Lipinski definition) is 4. The van der Waals surface area contributed by atoms with Crippen LogP contribution in [-0.2, 0) is 16.0 Å². The molecule has 1 saturated heterocycles. The third-order valence-electron chi connectivity index (χ3n) is 2.76. The molecule has 2 heterocycles. The number of hydrogen-bond donors (Lipinski definition) is 2. The molecule has 90 valence electrons. The van der Waals surface area contributed by atoms with Crippen LogP contribution in [0.3, 0.4) is 0 Å². The van der Waals surface area contributed by atoms with Gasteiger partial charge in [0.1, 0.15) is 0 Å². The molecule has 1 amide bonds. The Bertz CT molecular complexity index is 438. The van der Waals surface area contributed by atoms with Gasteiger partial charge in [-0.2, -0.15) is 0 Å². The molecule has 0 radical (unpaired) electrons. The van der Waals surface area contributed by atoms with Crippen molar-refractivity contribution in [3.63, 3.8) is 0 Å². The number of nitrogens with zero attached hydrogens (tertiary/aromatic N) is 2. The van der Waals surface area contributed by atoms with Gasteiger partial charge in [-0.05, 0) is 12.1 Å². The van der Waals surface area contributed by atoms with E-state index in [2.05, 4.69) is 4.98 Å². The van der Waals surface area contributed by atoms with E-state index in [9.17, 15) is 9.59 Å². The third kappa shape index (κ3) is 2.52. The lowest BCUT2D eigenvalue weighted by atomic mass is 10.00. The van der Waals surface area contributed by atoms with Crippen LogP contribution in [0.4, 0.5) is 5.69 Å². The molecular formula is C11H13N3O3. The van der Waals surface area contributed by atoms with Crippen LogP contribution in [0, 0.1) is 5.92 Å². The zero-order chi connectivity index (χ0) is 12.4. The summed E-state index contributed by atoms with van der Waals surface area (Å²) in [5.74, 6) is -1.36. The second-order valence-electron chi connectivity index (χ2n) is 4.09. The number of rotatable bonds is 3. The molecule has 6 heteroatoms. The Kier molecular flexibility index (Phi) is 2.95. The third-order valence-corrected chi connectivity index (χ3v) is 2.76. The van der Waals surface area contributed by atoms with E-state index in [0.717, 1.165) is 0 Å². The number of carbonyl (C=O) groups is 2. The standard InChI is InChI=1S/C11H13N3O3/c12-8-1-2-9(13-4-8)3-10(15)14-5-7(6-14)11(16)17/h1-2,4,7H,3,5-6,12H2,(H,16,17). The van der Waals surface area contributed by atoms with Crippen LogP contribution in [0.1, 0.15) is 5.69 Å². The Labute approximate surface area is 98.1 Å². The van der Waals surface area contributed by atoms with Gasteiger partial charge >= 0.3 is 5.97 Å². The first-order chi connectivity index (χ1) is 8.06. The largest absolute Gasteiger partial charge is 0.481 e. The first-order valence-electron chi connectivity index (χ1n) is 5.27. The number of likely N-dealkylation sites (tertiary alicyclic amines) is 1. The lowest BCUT2D eigenvalue weighted by Gasteiger charge is -2.36. The topological polar surface area (TPSA) is 96.5 Å². The minimum absolute atomic E-state index is 0.0974. The highest BCUT2D eigenvalue weighted by Gasteiger charge is 2.35. The van der Waals surface area contributed by atoms with Crippen molar-refractivity contribution in [3.05, 3.63) is 24.0 Å². The molecule has 1 aromatic rings. The van der Waals surface area contributed by atoms with E-state index in [0.29, 0.717) is 24.5 Å². The fourth-order valence-corrected chi connectivity index (χ4v) is 1.65. The fourth-order valence-electron chi connectivity index (χ4n) is 1.65. The molecule has 0 aliphatic carbocycles. The number of anilines is 1. The number of carbonyl (C=O) groups excluding carboxylic acids is 1. The average molecular weight is 235 g/mol. The van der Waals surface area contributed by atoms with Crippen molar-refractivity contribution in [2.75, 3.05) is 18.8 Å². The van der Waals surface area contributed by atoms with Crippen LogP contribution in [-0.4, -0.2) is 40.0 Å². The summed E-state index contributed by atoms with van der Waals surface area (Å²) in [6, 6.07) is 3.38. The predicted molar refractivity (Wildman–Crippen MR) is 60.1 cm³/mol. The number of carboxylic acid groups (broad SMARTS) is 1. The average Bonchev–Trinajstić information content (AvgIpc) is 2.18. The van der Waals surface area contributed by atoms with Gasteiger partial charge in [0.25, 0.3) is 0 Å². The van der Waals surface area contributed by atoms with Crippen molar-refractivity contribution in [3.8, 4) is 0 Å². The number of amides is 1. The number of nitrogen functional groups attached to an aromatic ring is 1. The zero-order valence-corrected chi connectivity index (χ0v) is 9.17. The lowest BCUT2D eigenvalue weighted by Crippen LogP contribution is -2.53. The summed E-state index contributed by atoms with van der Waals surface area (Å²) in [4.78, 5) is 27.8. The van der Waals surface area contributed by atoms with Crippen LogP contribution in [0.5, 0.6) is 0 Å². The van der Waals surface area contributed by atoms with E-state index in [4.69, 9.17) is 10.8 Å². The van der Waals surface area contributed by atoms with Gasteiger partial charge in [-0.1, -0.05) is 0 Å². The quantitative estimate of drug-likeness (QED) is 0.753. The highest BCUT2D eigenvalue weighted by molar-refractivity contribution is 5.82. The Morgan fingerprint density at radius 3 is 2.71 bits per heavy atom. The maximum atomic E-state index is 11.7. The number of aliphatic carboxylic acids is 1. The zero-order valence-electron chi connectivity index (χ0n) is 9.17. The van der Waals surface area contributed by atoms with Gasteiger partial charge in [-0.15, -0.1) is 0 Å². The van der Waals surface area contributed by atoms with Crippen LogP contribution in [0.2, 0.25) is 0 Å². The van der Waals surface area contributed by atoms with Crippen molar-refractivity contribution in [2.45, 2.75) is 6.42 Å². The number of aromatic nitrogens is 1. The normalized spacial score (nSPS) is 15.4. The van der Waals surface area contributed by atoms with Gasteiger partial charge < -0.3 is 15.7 Å². The van der Waals surface area contributed by atoms with Gasteiger partial charge in [0.15, 0.2) is 0 Å². The monoisotopic (exact) mass is 235 g/mol. The van der Waals surface area contributed by atoms with E-state index in [1.165, 1.54) is 11.1 Å². The van der Waals surface area contributed by atoms with Crippen LogP contribution >= 0.6 is 0 Å². The molecule has 0 unspecified atom stereocenters. The molecule has 0 spiro atoms. The maximum Gasteiger partial charge on any atom is 0.310 e. The summed E-state index contributed by atoms with van der Waals surface area (Å²) in [7, 11) is 0. The maximum absolute atomic E-state index is 11.7. The molecule has 1 aromatic heterocycles. The van der Waals surface area contributed by atoms with E-state index >= 15 is 0 Å². The molecule has 0 saturated carbocycles. The van der Waals surface area contributed by atoms with Gasteiger partial charge in [-0.25, -0.2) is 0 Å². The minimum Gasteiger partial charge on any atom is -0.481 e. The lowest BCUT2D eigenvalue weighted by molar-refractivity contribution is -0.152. The smallest absolute Gasteiger partial charge is 0.310 e. The molecule has 0 atom stereocenters. The Balaban J connectivity index is 1.87. The molecule has 2 rings (SSSR count). The van der Waals surface area contributed by atoms with Crippen LogP contribution in [0.25, 0.3) is 0 Å². The first-order valence-corrected chi connectivity index (χ1v) is 5.27. The second-order valence-corrected chi connectivity index (χ2v) is 4.09. The van der Waals surface area contributed by atoms with Crippen molar-refractivity contribution in [1.29, 1.82) is 0 Å². The molecule has 17 heavy (non-hydrogen) atoms. The van der Waals surface area contributed by atoms with Crippen LogP contribution < -0.4 is 5.73 Å². The number of nitrogens with two attached hydrogens (primary N) is 1. The first kappa shape index (κ1) is 11.4. The highest BCUT2D eigenvalue weighted by Crippen LogP contribution is 2.16. The molecule has 0 bridgehead atoms. The second kappa shape index (κ2) is 4.40. The summed E-state index contributed by atoms with van der Waals surface area (Å²) >= 11 is 0. The molecular weight excluding hydrogens is 222 g/mol. The van der Waals surface area contributed by atoms with E-state index in [1.807, 2.05) is 0 Å². The van der Waals surface area contributed by atoms with Crippen molar-refractivity contribution in [1.82, 2.24) is 9.88 Å². The van der Waals surface area contributed by atoms with Crippen molar-refractivity contribution >= 4 is 17.6 Å². The molecule has 1 aliphatic heterocycles. The number of carboxylic acids is 1. The summed E-state index contributed by atoms with van der Waals surface area (Å²) in [6.45, 7) is 0.590. The van der Waals surface area contributed by atoms with Gasteiger partial charge in [0, 0.05) is 18.8 Å². The Morgan fingerprint density at radius 2 is 2.18 bits per heavy atom. The highest BCUT2D eigenvalue weighted by atomic mass is 16.4. The van der Waals surface area contributed by atoms with E-state index in [1.54, 1.807) is 12.1 Å². The molecule has 3 N–H and O–H groups in total.